The minimum atomic E-state index is -1.69. The van der Waals surface area contributed by atoms with Gasteiger partial charge in [-0.15, -0.1) is 11.3 Å². The fourth-order valence-electron chi connectivity index (χ4n) is 6.23. The van der Waals surface area contributed by atoms with Gasteiger partial charge < -0.3 is 19.5 Å². The summed E-state index contributed by atoms with van der Waals surface area (Å²) in [6.45, 7) is 0.0360. The van der Waals surface area contributed by atoms with Crippen LogP contribution in [0.25, 0.3) is 5.57 Å². The van der Waals surface area contributed by atoms with Crippen molar-refractivity contribution in [2.24, 2.45) is 0 Å². The van der Waals surface area contributed by atoms with Crippen LogP contribution in [0.5, 0.6) is 0 Å². The number of nitrogens with one attached hydrogen (secondary N) is 2. The number of esters is 2. The second kappa shape index (κ2) is 18.5. The summed E-state index contributed by atoms with van der Waals surface area (Å²) in [7, 11) is -1.69. The van der Waals surface area contributed by atoms with Crippen LogP contribution in [0.15, 0.2) is 145 Å². The first kappa shape index (κ1) is 39.5. The molecule has 0 spiro atoms. The lowest BCUT2D eigenvalue weighted by molar-refractivity contribution is -0.154. The Bertz CT molecular complexity index is 2330. The van der Waals surface area contributed by atoms with Crippen LogP contribution in [0.3, 0.4) is 0 Å². The van der Waals surface area contributed by atoms with Gasteiger partial charge in [-0.1, -0.05) is 127 Å². The molecule has 58 heavy (non-hydrogen) atoms. The van der Waals surface area contributed by atoms with Gasteiger partial charge in [0.2, 0.25) is 0 Å². The van der Waals surface area contributed by atoms with Crippen molar-refractivity contribution in [3.05, 3.63) is 173 Å². The fourth-order valence-corrected chi connectivity index (χ4v) is 8.39. The normalized spacial score (nSPS) is 17.3. The van der Waals surface area contributed by atoms with E-state index < -0.39 is 58.2 Å². The highest BCUT2D eigenvalue weighted by molar-refractivity contribution is 7.86. The average molecular weight is 817 g/mol. The van der Waals surface area contributed by atoms with Crippen molar-refractivity contribution in [1.29, 1.82) is 0 Å². The van der Waals surface area contributed by atoms with E-state index in [9.17, 15) is 28.2 Å². The van der Waals surface area contributed by atoms with E-state index >= 15 is 0 Å². The number of carbonyl (C=O) groups excluding carboxylic acids is 5. The summed E-state index contributed by atoms with van der Waals surface area (Å²) >= 11 is 1.01. The molecule has 1 unspecified atom stereocenters. The van der Waals surface area contributed by atoms with Gasteiger partial charge in [0.1, 0.15) is 30.3 Å². The van der Waals surface area contributed by atoms with Crippen molar-refractivity contribution in [2.45, 2.75) is 37.2 Å². The third kappa shape index (κ3) is 9.45. The lowest BCUT2D eigenvalue weighted by Crippen LogP contribution is -2.73. The van der Waals surface area contributed by atoms with Crippen LogP contribution in [0.2, 0.25) is 0 Å². The maximum Gasteiger partial charge on any atom is 0.413 e. The molecule has 1 aromatic heterocycles. The highest BCUT2D eigenvalue weighted by Gasteiger charge is 2.56. The predicted octanol–water partition coefficient (Wildman–Crippen LogP) is 6.04. The molecule has 0 bridgehead atoms. The van der Waals surface area contributed by atoms with Crippen LogP contribution < -0.4 is 10.6 Å². The van der Waals surface area contributed by atoms with E-state index in [1.165, 1.54) is 17.5 Å². The van der Waals surface area contributed by atoms with E-state index in [-0.39, 0.29) is 47.5 Å². The zero-order valence-electron chi connectivity index (χ0n) is 30.7. The second-order valence-corrected chi connectivity index (χ2v) is 15.4. The second-order valence-electron chi connectivity index (χ2n) is 13.0. The van der Waals surface area contributed by atoms with E-state index in [2.05, 4.69) is 15.6 Å². The summed E-state index contributed by atoms with van der Waals surface area (Å²) in [6, 6.07) is 35.2. The van der Waals surface area contributed by atoms with Crippen LogP contribution >= 0.6 is 11.3 Å². The Hall–Kier alpha value is -6.71. The number of aromatic nitrogens is 1. The lowest BCUT2D eigenvalue weighted by atomic mass is 10.0. The number of hydrogen-bond acceptors (Lipinski definition) is 11. The zero-order chi connectivity index (χ0) is 40.4. The van der Waals surface area contributed by atoms with E-state index in [1.54, 1.807) is 24.3 Å². The minimum Gasteiger partial charge on any atom is -0.461 e. The summed E-state index contributed by atoms with van der Waals surface area (Å²) in [4.78, 5) is 72.2. The zero-order valence-corrected chi connectivity index (χ0v) is 32.4. The number of rotatable bonds is 14. The number of amides is 3. The first-order chi connectivity index (χ1) is 28.2. The molecular weight excluding hydrogens is 781 g/mol. The number of carbonyl (C=O) groups is 5. The summed E-state index contributed by atoms with van der Waals surface area (Å²) in [6.07, 6.45) is 0.815. The fraction of sp³-hybridized carbons (Fsp3) is 0.163. The molecular formula is C43H36N4O9S2. The van der Waals surface area contributed by atoms with Gasteiger partial charge in [0.15, 0.2) is 11.2 Å². The van der Waals surface area contributed by atoms with Gasteiger partial charge >= 0.3 is 18.0 Å². The number of hydrogen-bond donors (Lipinski definition) is 2. The Labute approximate surface area is 339 Å². The van der Waals surface area contributed by atoms with Crippen molar-refractivity contribution in [3.63, 3.8) is 0 Å². The topological polar surface area (TPSA) is 170 Å². The van der Waals surface area contributed by atoms with Crippen molar-refractivity contribution >= 4 is 62.7 Å². The first-order valence-corrected chi connectivity index (χ1v) is 20.4. The number of anilines is 1. The van der Waals surface area contributed by atoms with Gasteiger partial charge in [0.05, 0.1) is 28.5 Å². The smallest absolute Gasteiger partial charge is 0.413 e. The SMILES string of the molecule is O=C(CC=C(C(=O)N[C@@H]1C(=O)N2C(C(=O)OC(c3ccccc3)c3ccccc3)=CCS(=O)[C@@H]12)c1csc(NC(=O)OCc2ccccc2)n1)OCc1ccccc1. The molecule has 2 N–H and O–H groups in total. The molecule has 5 aromatic rings. The molecule has 294 valence electrons. The molecule has 4 aromatic carbocycles. The third-order valence-corrected chi connectivity index (χ3v) is 11.4. The number of fused-ring (bicyclic) bond motifs is 1. The molecule has 3 amide bonds. The molecule has 7 rings (SSSR count). The Morgan fingerprint density at radius 3 is 2.00 bits per heavy atom. The van der Waals surface area contributed by atoms with Crippen LogP contribution in [0.1, 0.15) is 40.5 Å². The molecule has 0 radical (unpaired) electrons. The minimum absolute atomic E-state index is 0.0144. The highest BCUT2D eigenvalue weighted by Crippen LogP contribution is 2.35. The van der Waals surface area contributed by atoms with Gasteiger partial charge in [0, 0.05) is 11.1 Å². The number of benzene rings is 4. The molecule has 0 aliphatic carbocycles. The quantitative estimate of drug-likeness (QED) is 0.0583. The third-order valence-electron chi connectivity index (χ3n) is 9.10. The average Bonchev–Trinajstić information content (AvgIpc) is 3.72. The van der Waals surface area contributed by atoms with Gasteiger partial charge in [-0.2, -0.15) is 0 Å². The Morgan fingerprint density at radius 1 is 0.828 bits per heavy atom. The van der Waals surface area contributed by atoms with Crippen molar-refractivity contribution < 1.29 is 42.4 Å². The molecule has 1 saturated heterocycles. The standard InChI is InChI=1S/C43H36N4O9S2/c48-35(54-25-28-13-5-1-6-14-28)22-21-32(33-27-57-42(44-33)46-43(52)55-26-29-15-7-2-8-16-29)38(49)45-36-39(50)47-34(23-24-58(53)40(36)47)41(51)56-37(30-17-9-3-10-18-30)31-19-11-4-12-20-31/h1-21,23,27,36-37,40H,22,24-26H2,(H,45,49)(H,44,46,52)/t36-,40+,58?/m1/s1. The van der Waals surface area contributed by atoms with Crippen molar-refractivity contribution in [3.8, 4) is 0 Å². The van der Waals surface area contributed by atoms with Gasteiger partial charge in [-0.3, -0.25) is 28.8 Å². The van der Waals surface area contributed by atoms with Crippen molar-refractivity contribution in [1.82, 2.24) is 15.2 Å². The first-order valence-electron chi connectivity index (χ1n) is 18.1. The maximum absolute atomic E-state index is 14.0. The monoisotopic (exact) mass is 816 g/mol. The van der Waals surface area contributed by atoms with Crippen LogP contribution in [0, 0.1) is 0 Å². The molecule has 3 heterocycles. The summed E-state index contributed by atoms with van der Waals surface area (Å²) in [5.41, 5.74) is 2.89. The van der Waals surface area contributed by atoms with Crippen LogP contribution in [0.4, 0.5) is 9.93 Å². The van der Waals surface area contributed by atoms with Crippen LogP contribution in [-0.4, -0.2) is 61.1 Å². The predicted molar refractivity (Wildman–Crippen MR) is 216 cm³/mol. The van der Waals surface area contributed by atoms with Gasteiger partial charge in [-0.25, -0.2) is 14.6 Å². The van der Waals surface area contributed by atoms with Crippen molar-refractivity contribution in [2.75, 3.05) is 11.1 Å². The van der Waals surface area contributed by atoms with E-state index in [0.29, 0.717) is 11.1 Å². The molecule has 3 atom stereocenters. The lowest BCUT2D eigenvalue weighted by Gasteiger charge is -2.48. The van der Waals surface area contributed by atoms with E-state index in [4.69, 9.17) is 14.2 Å². The molecule has 2 aliphatic heterocycles. The van der Waals surface area contributed by atoms with Gasteiger partial charge in [-0.05, 0) is 28.3 Å². The summed E-state index contributed by atoms with van der Waals surface area (Å²) in [5.74, 6) is -2.97. The molecule has 0 saturated carbocycles. The number of β-lactam (4-membered cyclic amide) rings is 1. The molecule has 15 heteroatoms. The Balaban J connectivity index is 1.06. The molecule has 2 aliphatic rings. The number of nitrogens with zero attached hydrogens (tertiary/aromatic N) is 2. The maximum atomic E-state index is 14.0. The van der Waals surface area contributed by atoms with Gasteiger partial charge in [0.25, 0.3) is 11.8 Å². The Morgan fingerprint density at radius 2 is 1.40 bits per heavy atom. The summed E-state index contributed by atoms with van der Waals surface area (Å²) < 4.78 is 30.0. The molecule has 13 nitrogen and oxygen atoms in total. The van der Waals surface area contributed by atoms with Crippen LogP contribution in [-0.2, 0) is 57.4 Å². The summed E-state index contributed by atoms with van der Waals surface area (Å²) in [5, 5.41) is 5.71. The highest BCUT2D eigenvalue weighted by atomic mass is 32.2. The molecule has 1 fully saturated rings. The largest absolute Gasteiger partial charge is 0.461 e. The number of ether oxygens (including phenoxy) is 3. The van der Waals surface area contributed by atoms with E-state index in [1.807, 2.05) is 97.1 Å². The number of thiazole rings is 1. The van der Waals surface area contributed by atoms with E-state index in [0.717, 1.165) is 27.4 Å². The Kier molecular flexibility index (Phi) is 12.6.